The normalized spacial score (nSPS) is 10.5. The van der Waals surface area contributed by atoms with E-state index in [1.807, 2.05) is 42.5 Å². The Balaban J connectivity index is 1.97. The molecule has 4 heteroatoms. The third-order valence-electron chi connectivity index (χ3n) is 3.49. The van der Waals surface area contributed by atoms with Crippen molar-refractivity contribution in [2.75, 3.05) is 0 Å². The number of nitrogens with zero attached hydrogens (tertiary/aromatic N) is 2. The first-order valence-corrected chi connectivity index (χ1v) is 6.64. The van der Waals surface area contributed by atoms with Crippen LogP contribution in [0.1, 0.15) is 10.5 Å². The number of nitrogens with two attached hydrogens (primary N) is 1. The molecule has 0 radical (unpaired) electrons. The van der Waals surface area contributed by atoms with Crippen molar-refractivity contribution in [3.8, 4) is 22.5 Å². The quantitative estimate of drug-likeness (QED) is 0.800. The number of carbonyl (C=O) groups is 1. The lowest BCUT2D eigenvalue weighted by atomic mass is 10.0. The summed E-state index contributed by atoms with van der Waals surface area (Å²) >= 11 is 0. The first kappa shape index (κ1) is 13.1. The number of rotatable bonds is 3. The van der Waals surface area contributed by atoms with Crippen LogP contribution in [0.15, 0.2) is 60.8 Å². The molecule has 0 saturated carbocycles. The van der Waals surface area contributed by atoms with E-state index in [1.165, 1.54) is 11.8 Å². The molecule has 1 heterocycles. The number of primary amides is 1. The highest BCUT2D eigenvalue weighted by Crippen LogP contribution is 2.24. The summed E-state index contributed by atoms with van der Waals surface area (Å²) in [4.78, 5) is 15.5. The fourth-order valence-electron chi connectivity index (χ4n) is 2.35. The number of imidazole rings is 1. The third kappa shape index (κ3) is 2.43. The molecule has 4 nitrogen and oxygen atoms in total. The van der Waals surface area contributed by atoms with Crippen LogP contribution in [0.4, 0.5) is 0 Å². The third-order valence-corrected chi connectivity index (χ3v) is 3.49. The van der Waals surface area contributed by atoms with Gasteiger partial charge in [-0.3, -0.25) is 4.79 Å². The Morgan fingerprint density at radius 3 is 2.10 bits per heavy atom. The van der Waals surface area contributed by atoms with E-state index in [1.54, 1.807) is 11.6 Å². The lowest BCUT2D eigenvalue weighted by Crippen LogP contribution is -2.15. The van der Waals surface area contributed by atoms with Gasteiger partial charge < -0.3 is 10.3 Å². The van der Waals surface area contributed by atoms with Crippen molar-refractivity contribution in [2.45, 2.75) is 0 Å². The largest absolute Gasteiger partial charge is 0.364 e. The van der Waals surface area contributed by atoms with Gasteiger partial charge in [0.2, 0.25) is 0 Å². The summed E-state index contributed by atoms with van der Waals surface area (Å²) in [5.74, 6) is 0.251. The molecule has 0 aliphatic carbocycles. The summed E-state index contributed by atoms with van der Waals surface area (Å²) in [7, 11) is 1.79. The van der Waals surface area contributed by atoms with Crippen LogP contribution < -0.4 is 5.73 Å². The van der Waals surface area contributed by atoms with Gasteiger partial charge in [-0.25, -0.2) is 4.98 Å². The molecule has 3 rings (SSSR count). The van der Waals surface area contributed by atoms with Crippen LogP contribution in [0.2, 0.25) is 0 Å². The molecule has 3 aromatic rings. The molecule has 0 bridgehead atoms. The Bertz CT molecular complexity index is 774. The molecule has 0 aliphatic heterocycles. The van der Waals surface area contributed by atoms with Crippen LogP contribution in [0.3, 0.4) is 0 Å². The van der Waals surface area contributed by atoms with Crippen LogP contribution in [0.5, 0.6) is 0 Å². The molecule has 21 heavy (non-hydrogen) atoms. The molecule has 104 valence electrons. The molecule has 1 amide bonds. The number of hydrogen-bond acceptors (Lipinski definition) is 2. The van der Waals surface area contributed by atoms with Crippen molar-refractivity contribution in [1.82, 2.24) is 9.55 Å². The van der Waals surface area contributed by atoms with E-state index in [9.17, 15) is 4.79 Å². The van der Waals surface area contributed by atoms with Gasteiger partial charge >= 0.3 is 0 Å². The van der Waals surface area contributed by atoms with Crippen molar-refractivity contribution in [1.29, 1.82) is 0 Å². The van der Waals surface area contributed by atoms with E-state index in [0.717, 1.165) is 17.0 Å². The molecule has 0 saturated heterocycles. The van der Waals surface area contributed by atoms with E-state index in [0.29, 0.717) is 5.69 Å². The maximum absolute atomic E-state index is 11.3. The number of hydrogen-bond donors (Lipinski definition) is 1. The summed E-state index contributed by atoms with van der Waals surface area (Å²) in [6.07, 6.45) is 1.50. The Kier molecular flexibility index (Phi) is 3.28. The predicted molar refractivity (Wildman–Crippen MR) is 82.6 cm³/mol. The Labute approximate surface area is 122 Å². The van der Waals surface area contributed by atoms with Gasteiger partial charge in [0.25, 0.3) is 5.91 Å². The molecule has 1 aromatic heterocycles. The van der Waals surface area contributed by atoms with Crippen molar-refractivity contribution < 1.29 is 4.79 Å². The zero-order valence-electron chi connectivity index (χ0n) is 11.7. The molecule has 2 aromatic carbocycles. The van der Waals surface area contributed by atoms with Crippen molar-refractivity contribution in [3.63, 3.8) is 0 Å². The van der Waals surface area contributed by atoms with E-state index in [-0.39, 0.29) is 0 Å². The standard InChI is InChI=1S/C17H15N3O/c1-20-15(16(18)21)11-19-17(20)14-9-7-13(8-10-14)12-5-3-2-4-6-12/h2-11H,1H3,(H2,18,21). The molecule has 0 aliphatic rings. The van der Waals surface area contributed by atoms with Crippen molar-refractivity contribution in [3.05, 3.63) is 66.5 Å². The summed E-state index contributed by atoms with van der Waals surface area (Å²) < 4.78 is 1.71. The smallest absolute Gasteiger partial charge is 0.266 e. The predicted octanol–water partition coefficient (Wildman–Crippen LogP) is 2.85. The summed E-state index contributed by atoms with van der Waals surface area (Å²) in [6.45, 7) is 0. The molecular formula is C17H15N3O. The number of amides is 1. The minimum Gasteiger partial charge on any atom is -0.364 e. The molecule has 2 N–H and O–H groups in total. The highest BCUT2D eigenvalue weighted by atomic mass is 16.1. The second-order valence-corrected chi connectivity index (χ2v) is 4.83. The number of aromatic nitrogens is 2. The van der Waals surface area contributed by atoms with Gasteiger partial charge in [-0.2, -0.15) is 0 Å². The van der Waals surface area contributed by atoms with E-state index in [4.69, 9.17) is 5.73 Å². The van der Waals surface area contributed by atoms with E-state index in [2.05, 4.69) is 17.1 Å². The van der Waals surface area contributed by atoms with Gasteiger partial charge in [0.1, 0.15) is 11.5 Å². The van der Waals surface area contributed by atoms with Crippen molar-refractivity contribution >= 4 is 5.91 Å². The maximum atomic E-state index is 11.3. The topological polar surface area (TPSA) is 60.9 Å². The molecule has 0 fully saturated rings. The molecule has 0 unspecified atom stereocenters. The molecule has 0 atom stereocenters. The number of carbonyl (C=O) groups excluding carboxylic acids is 1. The second kappa shape index (κ2) is 5.25. The zero-order chi connectivity index (χ0) is 14.8. The highest BCUT2D eigenvalue weighted by molar-refractivity contribution is 5.91. The van der Waals surface area contributed by atoms with Gasteiger partial charge in [-0.05, 0) is 11.1 Å². The fraction of sp³-hybridized carbons (Fsp3) is 0.0588. The Hall–Kier alpha value is -2.88. The Morgan fingerprint density at radius 2 is 1.52 bits per heavy atom. The number of benzene rings is 2. The first-order chi connectivity index (χ1) is 10.2. The SMILES string of the molecule is Cn1c(C(N)=O)cnc1-c1ccc(-c2ccccc2)cc1. The van der Waals surface area contributed by atoms with Gasteiger partial charge in [-0.1, -0.05) is 54.6 Å². The van der Waals surface area contributed by atoms with Gasteiger partial charge in [0.05, 0.1) is 6.20 Å². The first-order valence-electron chi connectivity index (χ1n) is 6.64. The van der Waals surface area contributed by atoms with E-state index >= 15 is 0 Å². The van der Waals surface area contributed by atoms with Gasteiger partial charge in [0.15, 0.2) is 0 Å². The van der Waals surface area contributed by atoms with Gasteiger partial charge in [-0.15, -0.1) is 0 Å². The van der Waals surface area contributed by atoms with Crippen LogP contribution in [0, 0.1) is 0 Å². The van der Waals surface area contributed by atoms with E-state index < -0.39 is 5.91 Å². The lowest BCUT2D eigenvalue weighted by Gasteiger charge is -2.06. The summed E-state index contributed by atoms with van der Waals surface area (Å²) in [6, 6.07) is 18.2. The van der Waals surface area contributed by atoms with Crippen LogP contribution in [0.25, 0.3) is 22.5 Å². The minimum atomic E-state index is -0.475. The molecular weight excluding hydrogens is 262 g/mol. The average Bonchev–Trinajstić information content (AvgIpc) is 2.90. The monoisotopic (exact) mass is 277 g/mol. The summed E-state index contributed by atoms with van der Waals surface area (Å²) in [5, 5.41) is 0. The maximum Gasteiger partial charge on any atom is 0.266 e. The van der Waals surface area contributed by atoms with Crippen molar-refractivity contribution in [2.24, 2.45) is 12.8 Å². The minimum absolute atomic E-state index is 0.400. The zero-order valence-corrected chi connectivity index (χ0v) is 11.7. The van der Waals surface area contributed by atoms with Crippen LogP contribution in [-0.4, -0.2) is 15.5 Å². The molecule has 0 spiro atoms. The summed E-state index contributed by atoms with van der Waals surface area (Å²) in [5.41, 5.74) is 8.97. The van der Waals surface area contributed by atoms with Crippen LogP contribution >= 0.6 is 0 Å². The average molecular weight is 277 g/mol. The second-order valence-electron chi connectivity index (χ2n) is 4.83. The Morgan fingerprint density at radius 1 is 0.952 bits per heavy atom. The van der Waals surface area contributed by atoms with Crippen LogP contribution in [-0.2, 0) is 7.05 Å². The lowest BCUT2D eigenvalue weighted by molar-refractivity contribution is 0.0992. The highest BCUT2D eigenvalue weighted by Gasteiger charge is 2.12. The van der Waals surface area contributed by atoms with Gasteiger partial charge in [0, 0.05) is 12.6 Å². The fourth-order valence-corrected chi connectivity index (χ4v) is 2.35.